The molecule has 1 aliphatic heterocycles. The number of aromatic carboxylic acids is 1. The van der Waals surface area contributed by atoms with Crippen LogP contribution in [0, 0.1) is 5.82 Å². The number of carboxylic acid groups (broad SMARTS) is 1. The van der Waals surface area contributed by atoms with Crippen LogP contribution in [0.2, 0.25) is 0 Å². The predicted octanol–water partition coefficient (Wildman–Crippen LogP) is 2.50. The standard InChI is InChI=1S/C25H24FN5O5S/c1-12(18-9-15(30-23(18)32)10-29-25(27)28)16-4-3-5-17-20(22(24(33)34)31-21(16)17)13-6-7-14(19(26)8-13)11-37(2,35)36/h3-9,12,31H,10-11H2,1-2H3,(H,33,34)(H4,27,28,29)/t12-/m0/s1. The summed E-state index contributed by atoms with van der Waals surface area (Å²) in [6.45, 7) is 1.84. The number of carbonyl (C=O) groups is 2. The molecule has 0 saturated carbocycles. The molecule has 1 amide bonds. The van der Waals surface area contributed by atoms with Crippen LogP contribution >= 0.6 is 0 Å². The van der Waals surface area contributed by atoms with Gasteiger partial charge >= 0.3 is 5.97 Å². The second-order valence-electron chi connectivity index (χ2n) is 8.80. The first-order valence-electron chi connectivity index (χ1n) is 11.1. The van der Waals surface area contributed by atoms with Gasteiger partial charge < -0.3 is 21.6 Å². The van der Waals surface area contributed by atoms with Gasteiger partial charge in [0, 0.05) is 34.3 Å². The smallest absolute Gasteiger partial charge is 0.352 e. The first-order valence-corrected chi connectivity index (χ1v) is 13.1. The summed E-state index contributed by atoms with van der Waals surface area (Å²) in [6, 6.07) is 9.11. The molecular formula is C25H24FN5O5S. The minimum Gasteiger partial charge on any atom is -0.477 e. The number of nitrogens with zero attached hydrogens (tertiary/aromatic N) is 2. The van der Waals surface area contributed by atoms with E-state index in [0.717, 1.165) is 12.3 Å². The summed E-state index contributed by atoms with van der Waals surface area (Å²) < 4.78 is 38.0. The lowest BCUT2D eigenvalue weighted by atomic mass is 9.90. The molecule has 1 aliphatic rings. The number of fused-ring (bicyclic) bond motifs is 1. The minimum absolute atomic E-state index is 0.0134. The summed E-state index contributed by atoms with van der Waals surface area (Å²) in [5.41, 5.74) is 12.9. The van der Waals surface area contributed by atoms with Gasteiger partial charge in [-0.15, -0.1) is 0 Å². The van der Waals surface area contributed by atoms with Gasteiger partial charge in [0.05, 0.1) is 23.5 Å². The van der Waals surface area contributed by atoms with Crippen molar-refractivity contribution in [2.75, 3.05) is 12.8 Å². The molecule has 0 unspecified atom stereocenters. The van der Waals surface area contributed by atoms with Crippen molar-refractivity contribution >= 4 is 44.3 Å². The van der Waals surface area contributed by atoms with Gasteiger partial charge in [-0.1, -0.05) is 37.3 Å². The van der Waals surface area contributed by atoms with E-state index in [4.69, 9.17) is 11.5 Å². The van der Waals surface area contributed by atoms with E-state index in [2.05, 4.69) is 15.0 Å². The van der Waals surface area contributed by atoms with Crippen LogP contribution in [0.3, 0.4) is 0 Å². The summed E-state index contributed by atoms with van der Waals surface area (Å²) >= 11 is 0. The molecule has 0 radical (unpaired) electrons. The van der Waals surface area contributed by atoms with E-state index in [1.54, 1.807) is 31.2 Å². The topological polar surface area (TPSA) is 181 Å². The predicted molar refractivity (Wildman–Crippen MR) is 139 cm³/mol. The lowest BCUT2D eigenvalue weighted by Gasteiger charge is -2.13. The molecule has 2 aromatic carbocycles. The number of carboxylic acids is 1. The third-order valence-corrected chi connectivity index (χ3v) is 6.85. The number of hydrogen-bond acceptors (Lipinski definition) is 5. The van der Waals surface area contributed by atoms with Crippen molar-refractivity contribution < 1.29 is 27.5 Å². The van der Waals surface area contributed by atoms with Gasteiger partial charge in [0.15, 0.2) is 15.8 Å². The third-order valence-electron chi connectivity index (χ3n) is 6.01. The monoisotopic (exact) mass is 525 g/mol. The molecule has 0 fully saturated rings. The van der Waals surface area contributed by atoms with Crippen molar-refractivity contribution in [1.29, 1.82) is 0 Å². The number of aromatic nitrogens is 1. The third kappa shape index (κ3) is 5.28. The van der Waals surface area contributed by atoms with Gasteiger partial charge in [0.25, 0.3) is 5.91 Å². The number of benzene rings is 2. The molecule has 2 heterocycles. The lowest BCUT2D eigenvalue weighted by Crippen LogP contribution is -2.23. The van der Waals surface area contributed by atoms with E-state index in [1.165, 1.54) is 12.1 Å². The largest absolute Gasteiger partial charge is 0.477 e. The fourth-order valence-electron chi connectivity index (χ4n) is 4.36. The fraction of sp³-hybridized carbons (Fsp3) is 0.200. The van der Waals surface area contributed by atoms with E-state index >= 15 is 0 Å². The van der Waals surface area contributed by atoms with E-state index in [-0.39, 0.29) is 34.9 Å². The SMILES string of the molecule is C[C@H](C1=CC(CN=C(N)N)=NC1=O)c1cccc2c(-c3ccc(CS(C)(=O)=O)c(F)c3)c(C(=O)O)[nH]c12. The summed E-state index contributed by atoms with van der Waals surface area (Å²) in [6.07, 6.45) is 2.61. The summed E-state index contributed by atoms with van der Waals surface area (Å²) in [5.74, 6) is -3.54. The molecule has 0 aliphatic carbocycles. The van der Waals surface area contributed by atoms with Crippen LogP contribution in [0.5, 0.6) is 0 Å². The molecule has 10 nitrogen and oxygen atoms in total. The van der Waals surface area contributed by atoms with Crippen molar-refractivity contribution in [3.05, 3.63) is 70.7 Å². The van der Waals surface area contributed by atoms with Gasteiger partial charge in [0.2, 0.25) is 0 Å². The maximum atomic E-state index is 14.8. The second kappa shape index (κ2) is 9.62. The number of halogens is 1. The molecule has 4 rings (SSSR count). The Hall–Kier alpha value is -4.32. The normalized spacial score (nSPS) is 14.4. The molecule has 1 atom stereocenters. The molecule has 0 spiro atoms. The van der Waals surface area contributed by atoms with Gasteiger partial charge in [-0.25, -0.2) is 27.6 Å². The van der Waals surface area contributed by atoms with Crippen LogP contribution < -0.4 is 11.5 Å². The number of hydrogen-bond donors (Lipinski definition) is 4. The Balaban J connectivity index is 1.81. The van der Waals surface area contributed by atoms with Crippen LogP contribution in [0.4, 0.5) is 4.39 Å². The highest BCUT2D eigenvalue weighted by atomic mass is 32.2. The number of aliphatic imine (C=N–C) groups is 2. The maximum absolute atomic E-state index is 14.8. The molecule has 6 N–H and O–H groups in total. The summed E-state index contributed by atoms with van der Waals surface area (Å²) in [4.78, 5) is 35.5. The molecule has 1 aromatic heterocycles. The number of para-hydroxylation sites is 1. The van der Waals surface area contributed by atoms with Crippen molar-refractivity contribution in [2.24, 2.45) is 21.5 Å². The first-order chi connectivity index (χ1) is 17.4. The van der Waals surface area contributed by atoms with Crippen LogP contribution in [-0.4, -0.2) is 54.9 Å². The van der Waals surface area contributed by atoms with Crippen molar-refractivity contribution in [1.82, 2.24) is 4.98 Å². The summed E-state index contributed by atoms with van der Waals surface area (Å²) in [7, 11) is -3.46. The van der Waals surface area contributed by atoms with Crippen LogP contribution in [0.15, 0.2) is 58.0 Å². The van der Waals surface area contributed by atoms with Crippen molar-refractivity contribution in [2.45, 2.75) is 18.6 Å². The number of H-pyrrole nitrogens is 1. The Morgan fingerprint density at radius 3 is 2.59 bits per heavy atom. The molecular weight excluding hydrogens is 501 g/mol. The van der Waals surface area contributed by atoms with Crippen molar-refractivity contribution in [3.63, 3.8) is 0 Å². The van der Waals surface area contributed by atoms with Gasteiger partial charge in [-0.3, -0.25) is 4.79 Å². The highest BCUT2D eigenvalue weighted by Gasteiger charge is 2.28. The number of carbonyl (C=O) groups excluding carboxylic acids is 1. The van der Waals surface area contributed by atoms with Crippen LogP contribution in [-0.2, 0) is 20.4 Å². The zero-order valence-corrected chi connectivity index (χ0v) is 20.8. The zero-order chi connectivity index (χ0) is 27.1. The minimum atomic E-state index is -3.46. The van der Waals surface area contributed by atoms with Gasteiger partial charge in [-0.2, -0.15) is 0 Å². The van der Waals surface area contributed by atoms with Crippen LogP contribution in [0.1, 0.15) is 34.5 Å². The summed E-state index contributed by atoms with van der Waals surface area (Å²) in [5, 5.41) is 10.4. The van der Waals surface area contributed by atoms with E-state index in [1.807, 2.05) is 0 Å². The number of rotatable bonds is 8. The lowest BCUT2D eigenvalue weighted by molar-refractivity contribution is -0.114. The quantitative estimate of drug-likeness (QED) is 0.257. The molecule has 192 valence electrons. The maximum Gasteiger partial charge on any atom is 0.352 e. The Kier molecular flexibility index (Phi) is 6.70. The van der Waals surface area contributed by atoms with E-state index < -0.39 is 39.2 Å². The number of sulfone groups is 1. The Morgan fingerprint density at radius 2 is 1.97 bits per heavy atom. The molecule has 37 heavy (non-hydrogen) atoms. The number of nitrogens with one attached hydrogen (secondary N) is 1. The Morgan fingerprint density at radius 1 is 1.24 bits per heavy atom. The molecule has 0 saturated heterocycles. The van der Waals surface area contributed by atoms with Crippen molar-refractivity contribution in [3.8, 4) is 11.1 Å². The van der Waals surface area contributed by atoms with Crippen LogP contribution in [0.25, 0.3) is 22.0 Å². The van der Waals surface area contributed by atoms with Gasteiger partial charge in [0.1, 0.15) is 11.5 Å². The number of guanidine groups is 1. The Labute approximate surface area is 211 Å². The molecule has 0 bridgehead atoms. The highest BCUT2D eigenvalue weighted by molar-refractivity contribution is 7.89. The van der Waals surface area contributed by atoms with E-state index in [9.17, 15) is 27.5 Å². The highest BCUT2D eigenvalue weighted by Crippen LogP contribution is 2.39. The number of aromatic amines is 1. The number of amides is 1. The average molecular weight is 526 g/mol. The second-order valence-corrected chi connectivity index (χ2v) is 10.9. The van der Waals surface area contributed by atoms with Gasteiger partial charge in [-0.05, 0) is 23.3 Å². The van der Waals surface area contributed by atoms with E-state index in [0.29, 0.717) is 27.8 Å². The molecule has 12 heteroatoms. The average Bonchev–Trinajstić information content (AvgIpc) is 3.38. The number of nitrogens with two attached hydrogens (primary N) is 2. The Bertz CT molecular complexity index is 1650. The molecule has 3 aromatic rings. The zero-order valence-electron chi connectivity index (χ0n) is 19.9. The first kappa shape index (κ1) is 25.8. The fourth-order valence-corrected chi connectivity index (χ4v) is 5.16.